The Kier molecular flexibility index (Phi) is 3.00. The second-order valence-corrected chi connectivity index (χ2v) is 5.49. The third kappa shape index (κ3) is 2.31. The van der Waals surface area contributed by atoms with Crippen LogP contribution in [-0.2, 0) is 10.0 Å². The van der Waals surface area contributed by atoms with Gasteiger partial charge in [0, 0.05) is 17.6 Å². The predicted molar refractivity (Wildman–Crippen MR) is 58.9 cm³/mol. The third-order valence-electron chi connectivity index (χ3n) is 1.89. The molecule has 2 heterocycles. The van der Waals surface area contributed by atoms with Crippen LogP contribution < -0.4 is 4.72 Å². The smallest absolute Gasteiger partial charge is 0.371 e. The van der Waals surface area contributed by atoms with Crippen LogP contribution in [0.15, 0.2) is 15.4 Å². The summed E-state index contributed by atoms with van der Waals surface area (Å²) in [7, 11) is -3.97. The molecule has 0 amide bonds. The summed E-state index contributed by atoms with van der Waals surface area (Å²) in [6.07, 6.45) is 0. The average molecular weight is 290 g/mol. The van der Waals surface area contributed by atoms with Crippen molar-refractivity contribution in [3.8, 4) is 0 Å². The molecule has 0 aromatic carbocycles. The molecular weight excluding hydrogens is 284 g/mol. The number of furan rings is 1. The largest absolute Gasteiger partial charge is 0.475 e. The van der Waals surface area contributed by atoms with Gasteiger partial charge in [0.25, 0.3) is 10.0 Å². The molecule has 18 heavy (non-hydrogen) atoms. The number of rotatable bonds is 4. The van der Waals surface area contributed by atoms with Crippen LogP contribution in [-0.4, -0.2) is 34.3 Å². The number of aromatic nitrogens is 3. The number of hydrogen-bond acceptors (Lipinski definition) is 8. The van der Waals surface area contributed by atoms with E-state index in [2.05, 4.69) is 19.5 Å². The van der Waals surface area contributed by atoms with Crippen LogP contribution in [0.25, 0.3) is 0 Å². The highest BCUT2D eigenvalue weighted by Gasteiger charge is 2.24. The number of nitrogens with one attached hydrogen (secondary N) is 1. The van der Waals surface area contributed by atoms with Crippen LogP contribution in [0.4, 0.5) is 5.13 Å². The first-order chi connectivity index (χ1) is 8.40. The summed E-state index contributed by atoms with van der Waals surface area (Å²) in [4.78, 5) is 10.4. The summed E-state index contributed by atoms with van der Waals surface area (Å²) in [6, 6.07) is 0.925. The molecule has 0 atom stereocenters. The molecule has 0 saturated carbocycles. The van der Waals surface area contributed by atoms with Gasteiger partial charge in [-0.05, 0) is 12.1 Å². The maximum absolute atomic E-state index is 11.9. The first-order valence-electron chi connectivity index (χ1n) is 4.42. The van der Waals surface area contributed by atoms with Crippen molar-refractivity contribution in [3.05, 3.63) is 17.6 Å². The molecule has 9 nitrogen and oxygen atoms in total. The Morgan fingerprint density at radius 3 is 2.78 bits per heavy atom. The van der Waals surface area contributed by atoms with Crippen LogP contribution >= 0.6 is 11.5 Å². The van der Waals surface area contributed by atoms with Crippen LogP contribution in [0.5, 0.6) is 0 Å². The van der Waals surface area contributed by atoms with E-state index < -0.39 is 21.8 Å². The van der Waals surface area contributed by atoms with Gasteiger partial charge < -0.3 is 9.52 Å². The second-order valence-electron chi connectivity index (χ2n) is 3.11. The highest BCUT2D eigenvalue weighted by molar-refractivity contribution is 7.93. The lowest BCUT2D eigenvalue weighted by molar-refractivity contribution is 0.0661. The number of sulfonamides is 1. The zero-order chi connectivity index (χ0) is 13.3. The SMILES string of the molecule is Cc1oc(C(=O)O)cc1S(=O)(=O)Nc1nnns1. The highest BCUT2D eigenvalue weighted by atomic mass is 32.2. The molecule has 11 heteroatoms. The fourth-order valence-corrected chi connectivity index (χ4v) is 2.95. The molecule has 0 unspecified atom stereocenters. The van der Waals surface area contributed by atoms with E-state index in [0.29, 0.717) is 0 Å². The molecule has 0 spiro atoms. The molecule has 0 fully saturated rings. The minimum absolute atomic E-state index is 0.0209. The van der Waals surface area contributed by atoms with Gasteiger partial charge in [0.15, 0.2) is 0 Å². The maximum atomic E-state index is 11.9. The first-order valence-corrected chi connectivity index (χ1v) is 6.67. The van der Waals surface area contributed by atoms with Crippen LogP contribution in [0, 0.1) is 6.92 Å². The second kappa shape index (κ2) is 4.34. The van der Waals surface area contributed by atoms with Gasteiger partial charge in [0.05, 0.1) is 0 Å². The number of carboxylic acids is 1. The van der Waals surface area contributed by atoms with Crippen molar-refractivity contribution in [1.29, 1.82) is 0 Å². The van der Waals surface area contributed by atoms with Gasteiger partial charge >= 0.3 is 5.97 Å². The van der Waals surface area contributed by atoms with Gasteiger partial charge in [-0.1, -0.05) is 9.59 Å². The Balaban J connectivity index is 2.38. The zero-order valence-corrected chi connectivity index (χ0v) is 10.4. The molecule has 96 valence electrons. The number of aryl methyl sites for hydroxylation is 1. The Morgan fingerprint density at radius 2 is 2.28 bits per heavy atom. The number of carbonyl (C=O) groups is 1. The van der Waals surface area contributed by atoms with Gasteiger partial charge in [0.2, 0.25) is 10.9 Å². The lowest BCUT2D eigenvalue weighted by Crippen LogP contribution is -2.13. The fraction of sp³-hybridized carbons (Fsp3) is 0.143. The Morgan fingerprint density at radius 1 is 1.56 bits per heavy atom. The van der Waals surface area contributed by atoms with Gasteiger partial charge in [-0.15, -0.1) is 0 Å². The average Bonchev–Trinajstić information content (AvgIpc) is 2.86. The molecule has 2 N–H and O–H groups in total. The van der Waals surface area contributed by atoms with Crippen molar-refractivity contribution in [1.82, 2.24) is 14.8 Å². The Bertz CT molecular complexity index is 675. The van der Waals surface area contributed by atoms with Crippen molar-refractivity contribution >= 4 is 32.7 Å². The lowest BCUT2D eigenvalue weighted by atomic mass is 10.4. The summed E-state index contributed by atoms with van der Waals surface area (Å²) in [5.41, 5.74) is 0. The Hall–Kier alpha value is -2.01. The lowest BCUT2D eigenvalue weighted by Gasteiger charge is -2.01. The normalized spacial score (nSPS) is 11.4. The highest BCUT2D eigenvalue weighted by Crippen LogP contribution is 2.22. The van der Waals surface area contributed by atoms with Gasteiger partial charge in [-0.2, -0.15) is 0 Å². The van der Waals surface area contributed by atoms with E-state index in [1.165, 1.54) is 6.92 Å². The maximum Gasteiger partial charge on any atom is 0.371 e. The van der Waals surface area contributed by atoms with E-state index in [9.17, 15) is 13.2 Å². The summed E-state index contributed by atoms with van der Waals surface area (Å²) in [6.45, 7) is 1.35. The number of nitrogens with zero attached hydrogens (tertiary/aromatic N) is 3. The molecular formula is C7H6N4O5S2. The van der Waals surface area contributed by atoms with Crippen LogP contribution in [0.3, 0.4) is 0 Å². The quantitative estimate of drug-likeness (QED) is 0.822. The minimum Gasteiger partial charge on any atom is -0.475 e. The van der Waals surface area contributed by atoms with Crippen molar-refractivity contribution in [2.75, 3.05) is 4.72 Å². The number of anilines is 1. The van der Waals surface area contributed by atoms with Crippen LogP contribution in [0.2, 0.25) is 0 Å². The molecule has 0 aliphatic heterocycles. The number of aromatic carboxylic acids is 1. The minimum atomic E-state index is -3.97. The van der Waals surface area contributed by atoms with Crippen molar-refractivity contribution in [2.24, 2.45) is 0 Å². The molecule has 2 aromatic rings. The predicted octanol–water partition coefficient (Wildman–Crippen LogP) is 0.334. The van der Waals surface area contributed by atoms with Gasteiger partial charge in [0.1, 0.15) is 10.7 Å². The van der Waals surface area contributed by atoms with Gasteiger partial charge in [-0.25, -0.2) is 13.2 Å². The Labute approximate surface area is 105 Å². The zero-order valence-electron chi connectivity index (χ0n) is 8.82. The van der Waals surface area contributed by atoms with Crippen LogP contribution in [0.1, 0.15) is 16.3 Å². The molecule has 2 aromatic heterocycles. The number of carboxylic acid groups (broad SMARTS) is 1. The van der Waals surface area contributed by atoms with E-state index in [0.717, 1.165) is 17.6 Å². The van der Waals surface area contributed by atoms with Gasteiger partial charge in [-0.3, -0.25) is 4.72 Å². The summed E-state index contributed by atoms with van der Waals surface area (Å²) in [5.74, 6) is -1.84. The summed E-state index contributed by atoms with van der Waals surface area (Å²) >= 11 is 0.754. The first kappa shape index (κ1) is 12.4. The number of hydrogen-bond donors (Lipinski definition) is 2. The van der Waals surface area contributed by atoms with E-state index >= 15 is 0 Å². The van der Waals surface area contributed by atoms with E-state index in [4.69, 9.17) is 9.52 Å². The third-order valence-corrected chi connectivity index (χ3v) is 3.98. The molecule has 0 bridgehead atoms. The fourth-order valence-electron chi connectivity index (χ4n) is 1.18. The van der Waals surface area contributed by atoms with E-state index in [1.54, 1.807) is 0 Å². The van der Waals surface area contributed by atoms with E-state index in [-0.39, 0.29) is 15.8 Å². The standard InChI is InChI=1S/C7H6N4O5S2/c1-3-5(2-4(16-3)6(12)13)18(14,15)9-7-8-10-11-17-7/h2H,1H3,(H,12,13)(H,8,9,11). The van der Waals surface area contributed by atoms with E-state index in [1.807, 2.05) is 0 Å². The van der Waals surface area contributed by atoms with Crippen molar-refractivity contribution in [2.45, 2.75) is 11.8 Å². The van der Waals surface area contributed by atoms with Crippen molar-refractivity contribution < 1.29 is 22.7 Å². The van der Waals surface area contributed by atoms with Crippen molar-refractivity contribution in [3.63, 3.8) is 0 Å². The summed E-state index contributed by atoms with van der Waals surface area (Å²) < 4.78 is 34.1. The molecule has 0 saturated heterocycles. The molecule has 2 rings (SSSR count). The molecule has 0 radical (unpaired) electrons. The monoisotopic (exact) mass is 290 g/mol. The molecule has 0 aliphatic carbocycles. The topological polar surface area (TPSA) is 135 Å². The summed E-state index contributed by atoms with van der Waals surface area (Å²) in [5, 5.41) is 15.3. The molecule has 0 aliphatic rings.